The second-order valence-corrected chi connectivity index (χ2v) is 8.13. The zero-order valence-electron chi connectivity index (χ0n) is 16.9. The Kier molecular flexibility index (Phi) is 6.06. The monoisotopic (exact) mass is 497 g/mol. The summed E-state index contributed by atoms with van der Waals surface area (Å²) in [5, 5.41) is 7.60. The van der Waals surface area contributed by atoms with Crippen LogP contribution in [0.15, 0.2) is 71.5 Å². The van der Waals surface area contributed by atoms with E-state index in [1.165, 1.54) is 4.68 Å². The molecule has 0 atom stereocenters. The molecule has 0 unspecified atom stereocenters. The fraction of sp³-hybridized carbons (Fsp3) is 0.136. The summed E-state index contributed by atoms with van der Waals surface area (Å²) in [4.78, 5) is 12.8. The number of nitrogens with zero attached hydrogens (tertiary/aromatic N) is 4. The summed E-state index contributed by atoms with van der Waals surface area (Å²) >= 11 is 9.12. The number of amides is 1. The third kappa shape index (κ3) is 4.33. The number of nitrogens with one attached hydrogen (secondary N) is 1. The molecular weight excluding hydrogens is 478 g/mol. The van der Waals surface area contributed by atoms with Crippen LogP contribution in [0.5, 0.6) is 5.75 Å². The first-order valence-corrected chi connectivity index (χ1v) is 10.7. The molecule has 31 heavy (non-hydrogen) atoms. The SMILES string of the molecule is COc1ccccc1-c1nn(CC(=O)Nc2ccc(Br)cc2C)c(=S)n1-n1cccc1. The minimum atomic E-state index is -0.217. The molecule has 4 rings (SSSR count). The van der Waals surface area contributed by atoms with Crippen molar-refractivity contribution in [2.75, 3.05) is 12.4 Å². The maximum absolute atomic E-state index is 12.8. The van der Waals surface area contributed by atoms with Crippen molar-refractivity contribution < 1.29 is 9.53 Å². The third-order valence-corrected chi connectivity index (χ3v) is 5.62. The molecule has 9 heteroatoms. The van der Waals surface area contributed by atoms with Crippen LogP contribution in [0.4, 0.5) is 5.69 Å². The minimum Gasteiger partial charge on any atom is -0.496 e. The van der Waals surface area contributed by atoms with E-state index < -0.39 is 0 Å². The Hall–Kier alpha value is -3.17. The van der Waals surface area contributed by atoms with Gasteiger partial charge in [-0.15, -0.1) is 5.10 Å². The number of para-hydroxylation sites is 1. The summed E-state index contributed by atoms with van der Waals surface area (Å²) in [5.74, 6) is 1.02. The van der Waals surface area contributed by atoms with Gasteiger partial charge in [-0.1, -0.05) is 28.1 Å². The molecule has 7 nitrogen and oxygen atoms in total. The number of carbonyl (C=O) groups excluding carboxylic acids is 1. The number of methoxy groups -OCH3 is 1. The Bertz CT molecular complexity index is 1290. The van der Waals surface area contributed by atoms with Crippen LogP contribution in [0.1, 0.15) is 5.56 Å². The van der Waals surface area contributed by atoms with E-state index in [1.54, 1.807) is 11.8 Å². The van der Waals surface area contributed by atoms with Gasteiger partial charge in [-0.25, -0.2) is 9.36 Å². The van der Waals surface area contributed by atoms with E-state index in [2.05, 4.69) is 26.3 Å². The van der Waals surface area contributed by atoms with Crippen LogP contribution < -0.4 is 10.1 Å². The summed E-state index contributed by atoms with van der Waals surface area (Å²) < 4.78 is 12.0. The Balaban J connectivity index is 1.72. The molecule has 1 amide bonds. The number of hydrogen-bond donors (Lipinski definition) is 1. The smallest absolute Gasteiger partial charge is 0.246 e. The van der Waals surface area contributed by atoms with Crippen molar-refractivity contribution in [2.24, 2.45) is 0 Å². The zero-order chi connectivity index (χ0) is 22.0. The summed E-state index contributed by atoms with van der Waals surface area (Å²) in [6, 6.07) is 17.0. The Morgan fingerprint density at radius 2 is 1.90 bits per heavy atom. The number of ether oxygens (including phenoxy) is 1. The molecule has 0 bridgehead atoms. The first-order valence-electron chi connectivity index (χ1n) is 9.51. The molecule has 1 N–H and O–H groups in total. The number of anilines is 1. The van der Waals surface area contributed by atoms with Gasteiger partial charge < -0.3 is 10.1 Å². The normalized spacial score (nSPS) is 10.8. The first kappa shape index (κ1) is 21.1. The highest BCUT2D eigenvalue weighted by Gasteiger charge is 2.19. The molecule has 0 spiro atoms. The Morgan fingerprint density at radius 3 is 2.61 bits per heavy atom. The molecule has 4 aromatic rings. The van der Waals surface area contributed by atoms with E-state index in [0.29, 0.717) is 16.3 Å². The van der Waals surface area contributed by atoms with Crippen molar-refractivity contribution >= 4 is 39.7 Å². The van der Waals surface area contributed by atoms with E-state index in [4.69, 9.17) is 17.0 Å². The van der Waals surface area contributed by atoms with Crippen LogP contribution in [0.2, 0.25) is 0 Å². The predicted octanol–water partition coefficient (Wildman–Crippen LogP) is 4.91. The highest BCUT2D eigenvalue weighted by Crippen LogP contribution is 2.29. The Labute approximate surface area is 193 Å². The molecule has 2 aromatic carbocycles. The highest BCUT2D eigenvalue weighted by atomic mass is 79.9. The largest absolute Gasteiger partial charge is 0.496 e. The molecule has 0 aliphatic rings. The first-order chi connectivity index (χ1) is 15.0. The van der Waals surface area contributed by atoms with Crippen molar-refractivity contribution in [1.29, 1.82) is 0 Å². The summed E-state index contributed by atoms with van der Waals surface area (Å²) in [7, 11) is 1.61. The van der Waals surface area contributed by atoms with E-state index in [-0.39, 0.29) is 12.5 Å². The number of aromatic nitrogens is 4. The number of aryl methyl sites for hydroxylation is 1. The molecule has 0 radical (unpaired) electrons. The lowest BCUT2D eigenvalue weighted by atomic mass is 10.2. The number of rotatable bonds is 6. The molecule has 0 aliphatic heterocycles. The van der Waals surface area contributed by atoms with E-state index in [9.17, 15) is 4.79 Å². The topological polar surface area (TPSA) is 66.0 Å². The van der Waals surface area contributed by atoms with Gasteiger partial charge in [0, 0.05) is 22.6 Å². The van der Waals surface area contributed by atoms with Gasteiger partial charge in [0.1, 0.15) is 12.3 Å². The van der Waals surface area contributed by atoms with E-state index >= 15 is 0 Å². The number of halogens is 1. The van der Waals surface area contributed by atoms with Crippen molar-refractivity contribution in [3.8, 4) is 17.1 Å². The van der Waals surface area contributed by atoms with Gasteiger partial charge in [0.25, 0.3) is 0 Å². The molecule has 2 aromatic heterocycles. The van der Waals surface area contributed by atoms with Gasteiger partial charge in [0.05, 0.1) is 12.7 Å². The second kappa shape index (κ2) is 8.91. The fourth-order valence-corrected chi connectivity index (χ4v) is 4.02. The van der Waals surface area contributed by atoms with Crippen molar-refractivity contribution in [2.45, 2.75) is 13.5 Å². The third-order valence-electron chi connectivity index (χ3n) is 4.74. The van der Waals surface area contributed by atoms with Crippen LogP contribution in [0.25, 0.3) is 11.4 Å². The van der Waals surface area contributed by atoms with E-state index in [1.807, 2.05) is 78.6 Å². The molecule has 0 aliphatic carbocycles. The maximum atomic E-state index is 12.8. The quantitative estimate of drug-likeness (QED) is 0.384. The van der Waals surface area contributed by atoms with Gasteiger partial charge in [-0.3, -0.25) is 9.47 Å². The molecule has 0 fully saturated rings. The van der Waals surface area contributed by atoms with Crippen molar-refractivity contribution in [3.63, 3.8) is 0 Å². The molecular formula is C22H20BrN5O2S. The van der Waals surface area contributed by atoms with Crippen molar-refractivity contribution in [1.82, 2.24) is 19.1 Å². The Morgan fingerprint density at radius 1 is 1.16 bits per heavy atom. The number of carbonyl (C=O) groups is 1. The van der Waals surface area contributed by atoms with Crippen LogP contribution in [-0.4, -0.2) is 32.1 Å². The average Bonchev–Trinajstić information content (AvgIpc) is 3.38. The molecule has 0 saturated carbocycles. The van der Waals surface area contributed by atoms with Gasteiger partial charge in [-0.05, 0) is 67.2 Å². The van der Waals surface area contributed by atoms with Crippen LogP contribution in [-0.2, 0) is 11.3 Å². The minimum absolute atomic E-state index is 0.0231. The summed E-state index contributed by atoms with van der Waals surface area (Å²) in [6.07, 6.45) is 3.73. The van der Waals surface area contributed by atoms with Gasteiger partial charge in [-0.2, -0.15) is 0 Å². The van der Waals surface area contributed by atoms with Crippen LogP contribution >= 0.6 is 28.1 Å². The van der Waals surface area contributed by atoms with Crippen molar-refractivity contribution in [3.05, 3.63) is 81.8 Å². The zero-order valence-corrected chi connectivity index (χ0v) is 19.4. The van der Waals surface area contributed by atoms with E-state index in [0.717, 1.165) is 21.3 Å². The summed E-state index contributed by atoms with van der Waals surface area (Å²) in [6.45, 7) is 1.91. The van der Waals surface area contributed by atoms with Crippen LogP contribution in [0, 0.1) is 11.7 Å². The lowest BCUT2D eigenvalue weighted by Crippen LogP contribution is -2.20. The summed E-state index contributed by atoms with van der Waals surface area (Å²) in [5.41, 5.74) is 2.47. The fourth-order valence-electron chi connectivity index (χ4n) is 3.26. The lowest BCUT2D eigenvalue weighted by molar-refractivity contribution is -0.116. The lowest BCUT2D eigenvalue weighted by Gasteiger charge is -2.10. The van der Waals surface area contributed by atoms with Gasteiger partial charge in [0.15, 0.2) is 5.82 Å². The molecule has 158 valence electrons. The van der Waals surface area contributed by atoms with Gasteiger partial charge in [0.2, 0.25) is 10.7 Å². The van der Waals surface area contributed by atoms with Crippen LogP contribution in [0.3, 0.4) is 0 Å². The second-order valence-electron chi connectivity index (χ2n) is 6.85. The van der Waals surface area contributed by atoms with Gasteiger partial charge >= 0.3 is 0 Å². The molecule has 2 heterocycles. The number of hydrogen-bond acceptors (Lipinski definition) is 4. The molecule has 0 saturated heterocycles. The highest BCUT2D eigenvalue weighted by molar-refractivity contribution is 9.10. The average molecular weight is 498 g/mol. The number of benzene rings is 2. The predicted molar refractivity (Wildman–Crippen MR) is 126 cm³/mol. The standard InChI is InChI=1S/C22H20BrN5O2S/c1-15-13-16(23)9-10-18(15)24-20(29)14-27-22(31)28(26-11-5-6-12-26)21(25-27)17-7-3-4-8-19(17)30-2/h3-13H,14H2,1-2H3,(H,24,29). The maximum Gasteiger partial charge on any atom is 0.246 e.